The number of benzene rings is 2. The maximum atomic E-state index is 12.1. The minimum atomic E-state index is -0.129. The molecule has 0 saturated carbocycles. The molecule has 0 aliphatic carbocycles. The normalized spacial score (nSPS) is 11.8. The molecule has 0 unspecified atom stereocenters. The van der Waals surface area contributed by atoms with Crippen LogP contribution in [0.5, 0.6) is 5.75 Å². The Bertz CT molecular complexity index is 640. The van der Waals surface area contributed by atoms with Gasteiger partial charge in [-0.1, -0.05) is 35.9 Å². The number of amides is 1. The highest BCUT2D eigenvalue weighted by molar-refractivity contribution is 8.00. The van der Waals surface area contributed by atoms with Crippen molar-refractivity contribution in [1.82, 2.24) is 5.32 Å². The third-order valence-corrected chi connectivity index (χ3v) is 4.57. The van der Waals surface area contributed by atoms with Crippen LogP contribution in [0.4, 0.5) is 0 Å². The molecule has 0 saturated heterocycles. The van der Waals surface area contributed by atoms with Crippen molar-refractivity contribution in [2.75, 3.05) is 13.2 Å². The summed E-state index contributed by atoms with van der Waals surface area (Å²) in [4.78, 5) is 13.2. The van der Waals surface area contributed by atoms with Crippen LogP contribution in [0.15, 0.2) is 53.4 Å². The average molecular weight is 329 g/mol. The summed E-state index contributed by atoms with van der Waals surface area (Å²) in [5, 5.41) is 2.79. The lowest BCUT2D eigenvalue weighted by Crippen LogP contribution is -2.34. The van der Waals surface area contributed by atoms with E-state index in [1.54, 1.807) is 11.8 Å². The van der Waals surface area contributed by atoms with Gasteiger partial charge in [-0.25, -0.2) is 0 Å². The summed E-state index contributed by atoms with van der Waals surface area (Å²) in [6.07, 6.45) is 0. The fourth-order valence-corrected chi connectivity index (χ4v) is 2.96. The molecule has 3 nitrogen and oxygen atoms in total. The van der Waals surface area contributed by atoms with Crippen LogP contribution in [0.3, 0.4) is 0 Å². The lowest BCUT2D eigenvalue weighted by atomic mass is 10.2. The number of para-hydroxylation sites is 1. The second-order valence-electron chi connectivity index (χ2n) is 5.48. The summed E-state index contributed by atoms with van der Waals surface area (Å²) >= 11 is 1.56. The first kappa shape index (κ1) is 17.4. The smallest absolute Gasteiger partial charge is 0.233 e. The number of nitrogens with one attached hydrogen (secondary N) is 1. The maximum absolute atomic E-state index is 12.1. The van der Waals surface area contributed by atoms with Crippen LogP contribution < -0.4 is 10.1 Å². The largest absolute Gasteiger partial charge is 0.491 e. The van der Waals surface area contributed by atoms with Gasteiger partial charge in [0.1, 0.15) is 12.4 Å². The Balaban J connectivity index is 1.72. The van der Waals surface area contributed by atoms with Crippen LogP contribution in [-0.4, -0.2) is 24.3 Å². The van der Waals surface area contributed by atoms with E-state index in [0.29, 0.717) is 13.2 Å². The first-order chi connectivity index (χ1) is 11.1. The summed E-state index contributed by atoms with van der Waals surface area (Å²) in [7, 11) is 0. The van der Waals surface area contributed by atoms with E-state index >= 15 is 0 Å². The monoisotopic (exact) mass is 329 g/mol. The molecule has 1 atom stereocenters. The molecule has 0 aliphatic rings. The molecular formula is C19H23NO2S. The standard InChI is InChI=1S/C19H23NO2S/c1-14-8-10-17(11-9-14)23-16(3)19(21)20-12-13-22-18-7-5-4-6-15(18)2/h4-11,16H,12-13H2,1-3H3,(H,20,21)/t16-/m0/s1. The summed E-state index contributed by atoms with van der Waals surface area (Å²) in [6, 6.07) is 16.1. The summed E-state index contributed by atoms with van der Waals surface area (Å²) in [5.41, 5.74) is 2.32. The van der Waals surface area contributed by atoms with Crippen molar-refractivity contribution in [2.45, 2.75) is 30.9 Å². The molecule has 0 spiro atoms. The number of thioether (sulfide) groups is 1. The number of ether oxygens (including phenoxy) is 1. The third-order valence-electron chi connectivity index (χ3n) is 3.46. The van der Waals surface area contributed by atoms with Gasteiger partial charge in [-0.05, 0) is 44.5 Å². The van der Waals surface area contributed by atoms with E-state index in [1.807, 2.05) is 50.2 Å². The van der Waals surface area contributed by atoms with Gasteiger partial charge in [0, 0.05) is 4.90 Å². The van der Waals surface area contributed by atoms with Crippen molar-refractivity contribution >= 4 is 17.7 Å². The van der Waals surface area contributed by atoms with Gasteiger partial charge in [-0.3, -0.25) is 4.79 Å². The minimum Gasteiger partial charge on any atom is -0.491 e. The number of hydrogen-bond acceptors (Lipinski definition) is 3. The SMILES string of the molecule is Cc1ccc(S[C@@H](C)C(=O)NCCOc2ccccc2C)cc1. The second kappa shape index (κ2) is 8.63. The van der Waals surface area contributed by atoms with E-state index < -0.39 is 0 Å². The molecule has 0 heterocycles. The molecule has 23 heavy (non-hydrogen) atoms. The van der Waals surface area contributed by atoms with Crippen LogP contribution >= 0.6 is 11.8 Å². The summed E-state index contributed by atoms with van der Waals surface area (Å²) in [6.45, 7) is 6.96. The lowest BCUT2D eigenvalue weighted by molar-refractivity contribution is -0.120. The second-order valence-corrected chi connectivity index (χ2v) is 6.89. The van der Waals surface area contributed by atoms with Crippen molar-refractivity contribution < 1.29 is 9.53 Å². The molecular weight excluding hydrogens is 306 g/mol. The van der Waals surface area contributed by atoms with E-state index in [-0.39, 0.29) is 11.2 Å². The highest BCUT2D eigenvalue weighted by Crippen LogP contribution is 2.23. The number of rotatable bonds is 7. The van der Waals surface area contributed by atoms with Crippen molar-refractivity contribution in [3.8, 4) is 5.75 Å². The molecule has 0 fully saturated rings. The van der Waals surface area contributed by atoms with Gasteiger partial charge in [0.15, 0.2) is 0 Å². The van der Waals surface area contributed by atoms with Gasteiger partial charge < -0.3 is 10.1 Å². The molecule has 0 radical (unpaired) electrons. The first-order valence-electron chi connectivity index (χ1n) is 7.76. The van der Waals surface area contributed by atoms with Crippen molar-refractivity contribution in [3.05, 3.63) is 59.7 Å². The summed E-state index contributed by atoms with van der Waals surface area (Å²) in [5.74, 6) is 0.896. The minimum absolute atomic E-state index is 0.0314. The van der Waals surface area contributed by atoms with Crippen LogP contribution in [0, 0.1) is 13.8 Å². The average Bonchev–Trinajstić information content (AvgIpc) is 2.55. The fourth-order valence-electron chi connectivity index (χ4n) is 2.07. The molecule has 0 aliphatic heterocycles. The lowest BCUT2D eigenvalue weighted by Gasteiger charge is -2.13. The topological polar surface area (TPSA) is 38.3 Å². The van der Waals surface area contributed by atoms with E-state index in [1.165, 1.54) is 5.56 Å². The van der Waals surface area contributed by atoms with Crippen molar-refractivity contribution in [2.24, 2.45) is 0 Å². The predicted molar refractivity (Wildman–Crippen MR) is 96.2 cm³/mol. The van der Waals surface area contributed by atoms with E-state index in [2.05, 4.69) is 24.4 Å². The van der Waals surface area contributed by atoms with Gasteiger partial charge in [0.25, 0.3) is 0 Å². The third kappa shape index (κ3) is 5.64. The Labute approximate surface area is 142 Å². The first-order valence-corrected chi connectivity index (χ1v) is 8.63. The fraction of sp³-hybridized carbons (Fsp3) is 0.316. The highest BCUT2D eigenvalue weighted by Gasteiger charge is 2.13. The van der Waals surface area contributed by atoms with Gasteiger partial charge in [0.05, 0.1) is 11.8 Å². The Kier molecular flexibility index (Phi) is 6.53. The predicted octanol–water partition coefficient (Wildman–Crippen LogP) is 3.98. The number of aryl methyl sites for hydroxylation is 2. The van der Waals surface area contributed by atoms with Crippen molar-refractivity contribution in [3.63, 3.8) is 0 Å². The number of hydrogen-bond donors (Lipinski definition) is 1. The Hall–Kier alpha value is -1.94. The number of carbonyl (C=O) groups excluding carboxylic acids is 1. The summed E-state index contributed by atoms with van der Waals surface area (Å²) < 4.78 is 5.68. The van der Waals surface area contributed by atoms with E-state index in [4.69, 9.17) is 4.74 Å². The highest BCUT2D eigenvalue weighted by atomic mass is 32.2. The molecule has 1 amide bonds. The van der Waals surface area contributed by atoms with E-state index in [9.17, 15) is 4.79 Å². The van der Waals surface area contributed by atoms with Crippen LogP contribution in [0.1, 0.15) is 18.1 Å². The van der Waals surface area contributed by atoms with Gasteiger partial charge in [0.2, 0.25) is 5.91 Å². The van der Waals surface area contributed by atoms with Gasteiger partial charge in [-0.15, -0.1) is 11.8 Å². The van der Waals surface area contributed by atoms with E-state index in [0.717, 1.165) is 16.2 Å². The molecule has 2 rings (SSSR count). The molecule has 2 aromatic rings. The Morgan fingerprint density at radius 2 is 1.83 bits per heavy atom. The number of carbonyl (C=O) groups is 1. The molecule has 122 valence electrons. The quantitative estimate of drug-likeness (QED) is 0.617. The Morgan fingerprint density at radius 3 is 2.52 bits per heavy atom. The molecule has 4 heteroatoms. The van der Waals surface area contributed by atoms with Gasteiger partial charge in [-0.2, -0.15) is 0 Å². The zero-order valence-electron chi connectivity index (χ0n) is 13.8. The molecule has 1 N–H and O–H groups in total. The molecule has 0 aromatic heterocycles. The zero-order chi connectivity index (χ0) is 16.7. The van der Waals surface area contributed by atoms with Crippen LogP contribution in [0.2, 0.25) is 0 Å². The Morgan fingerprint density at radius 1 is 1.13 bits per heavy atom. The zero-order valence-corrected chi connectivity index (χ0v) is 14.7. The van der Waals surface area contributed by atoms with Crippen LogP contribution in [-0.2, 0) is 4.79 Å². The van der Waals surface area contributed by atoms with Crippen LogP contribution in [0.25, 0.3) is 0 Å². The maximum Gasteiger partial charge on any atom is 0.233 e. The molecule has 2 aromatic carbocycles. The van der Waals surface area contributed by atoms with Gasteiger partial charge >= 0.3 is 0 Å². The molecule has 0 bridgehead atoms. The van der Waals surface area contributed by atoms with Crippen molar-refractivity contribution in [1.29, 1.82) is 0 Å².